The lowest BCUT2D eigenvalue weighted by molar-refractivity contribution is 0.0992. The molecule has 98 valence electrons. The summed E-state index contributed by atoms with van der Waals surface area (Å²) < 4.78 is 0.899. The second kappa shape index (κ2) is 6.08. The third kappa shape index (κ3) is 3.59. The average molecular weight is 358 g/mol. The van der Waals surface area contributed by atoms with Gasteiger partial charge in [-0.25, -0.2) is 0 Å². The Morgan fingerprint density at radius 2 is 1.84 bits per heavy atom. The fourth-order valence-corrected chi connectivity index (χ4v) is 2.51. The molecular formula is C15H11BrCl2O. The van der Waals surface area contributed by atoms with Crippen molar-refractivity contribution in [1.82, 2.24) is 0 Å². The molecule has 0 amide bonds. The van der Waals surface area contributed by atoms with Crippen molar-refractivity contribution in [3.63, 3.8) is 0 Å². The number of hydrogen-bond acceptors (Lipinski definition) is 1. The molecule has 0 aliphatic heterocycles. The van der Waals surface area contributed by atoms with Gasteiger partial charge in [0.15, 0.2) is 5.78 Å². The summed E-state index contributed by atoms with van der Waals surface area (Å²) in [4.78, 5) is 12.3. The molecule has 0 N–H and O–H groups in total. The fraction of sp³-hybridized carbons (Fsp3) is 0.133. The first-order valence-electron chi connectivity index (χ1n) is 5.70. The smallest absolute Gasteiger partial charge is 0.167 e. The lowest BCUT2D eigenvalue weighted by Gasteiger charge is -2.06. The van der Waals surface area contributed by atoms with Gasteiger partial charge in [0.05, 0.1) is 10.0 Å². The number of hydrogen-bond donors (Lipinski definition) is 0. The Morgan fingerprint density at radius 3 is 2.53 bits per heavy atom. The number of carbonyl (C=O) groups is 1. The Morgan fingerprint density at radius 1 is 1.11 bits per heavy atom. The van der Waals surface area contributed by atoms with Crippen molar-refractivity contribution in [2.75, 3.05) is 0 Å². The van der Waals surface area contributed by atoms with Crippen molar-refractivity contribution < 1.29 is 4.79 Å². The van der Waals surface area contributed by atoms with Crippen LogP contribution in [0.3, 0.4) is 0 Å². The van der Waals surface area contributed by atoms with Crippen molar-refractivity contribution in [2.45, 2.75) is 13.3 Å². The molecule has 0 spiro atoms. The monoisotopic (exact) mass is 356 g/mol. The maximum Gasteiger partial charge on any atom is 0.167 e. The van der Waals surface area contributed by atoms with Gasteiger partial charge in [-0.15, -0.1) is 0 Å². The van der Waals surface area contributed by atoms with E-state index >= 15 is 0 Å². The van der Waals surface area contributed by atoms with Gasteiger partial charge in [-0.05, 0) is 42.3 Å². The van der Waals surface area contributed by atoms with E-state index < -0.39 is 0 Å². The number of halogens is 3. The minimum atomic E-state index is 0.0668. The fourth-order valence-electron chi connectivity index (χ4n) is 1.82. The Kier molecular flexibility index (Phi) is 4.67. The summed E-state index contributed by atoms with van der Waals surface area (Å²) in [7, 11) is 0. The summed E-state index contributed by atoms with van der Waals surface area (Å²) in [6, 6.07) is 10.9. The third-order valence-electron chi connectivity index (χ3n) is 2.85. The maximum absolute atomic E-state index is 12.3. The van der Waals surface area contributed by atoms with E-state index in [0.29, 0.717) is 16.5 Å². The standard InChI is InChI=1S/C15H11BrCl2O/c1-9-2-4-11(16)8-12(9)15(19)7-10-3-5-13(17)14(18)6-10/h2-6,8H,7H2,1H3. The normalized spacial score (nSPS) is 10.5. The molecule has 0 saturated heterocycles. The zero-order valence-electron chi connectivity index (χ0n) is 10.2. The molecule has 1 nitrogen and oxygen atoms in total. The number of Topliss-reactive ketones (excluding diaryl/α,β-unsaturated/α-hetero) is 1. The lowest BCUT2D eigenvalue weighted by Crippen LogP contribution is -2.05. The highest BCUT2D eigenvalue weighted by Crippen LogP contribution is 2.24. The zero-order chi connectivity index (χ0) is 14.0. The second-order valence-corrected chi connectivity index (χ2v) is 6.04. The Labute approximate surface area is 130 Å². The number of benzene rings is 2. The molecule has 0 heterocycles. The molecule has 0 aromatic heterocycles. The number of carbonyl (C=O) groups excluding carboxylic acids is 1. The molecule has 0 bridgehead atoms. The van der Waals surface area contributed by atoms with E-state index in [0.717, 1.165) is 21.2 Å². The molecule has 0 unspecified atom stereocenters. The van der Waals surface area contributed by atoms with E-state index in [9.17, 15) is 4.79 Å². The van der Waals surface area contributed by atoms with Gasteiger partial charge in [0.1, 0.15) is 0 Å². The molecule has 0 aliphatic rings. The van der Waals surface area contributed by atoms with Crippen LogP contribution in [0, 0.1) is 6.92 Å². The van der Waals surface area contributed by atoms with Crippen LogP contribution in [0.4, 0.5) is 0 Å². The first kappa shape index (κ1) is 14.6. The summed E-state index contributed by atoms with van der Waals surface area (Å²) in [6.07, 6.45) is 0.314. The molecule has 2 aromatic carbocycles. The van der Waals surface area contributed by atoms with Crippen LogP contribution in [-0.2, 0) is 6.42 Å². The largest absolute Gasteiger partial charge is 0.294 e. The predicted octanol–water partition coefficient (Wildman–Crippen LogP) is 5.49. The number of ketones is 1. The lowest BCUT2D eigenvalue weighted by atomic mass is 9.99. The van der Waals surface area contributed by atoms with E-state index in [1.54, 1.807) is 12.1 Å². The second-order valence-electron chi connectivity index (χ2n) is 4.31. The summed E-state index contributed by atoms with van der Waals surface area (Å²) in [5.41, 5.74) is 2.55. The SMILES string of the molecule is Cc1ccc(Br)cc1C(=O)Cc1ccc(Cl)c(Cl)c1. The predicted molar refractivity (Wildman–Crippen MR) is 83.4 cm³/mol. The van der Waals surface area contributed by atoms with Gasteiger partial charge >= 0.3 is 0 Å². The third-order valence-corrected chi connectivity index (χ3v) is 4.08. The van der Waals surface area contributed by atoms with Gasteiger partial charge in [-0.1, -0.05) is 51.3 Å². The quantitative estimate of drug-likeness (QED) is 0.664. The van der Waals surface area contributed by atoms with Crippen LogP contribution in [0.1, 0.15) is 21.5 Å². The molecule has 0 atom stereocenters. The summed E-state index contributed by atoms with van der Waals surface area (Å²) in [5.74, 6) is 0.0668. The van der Waals surface area contributed by atoms with Crippen LogP contribution >= 0.6 is 39.1 Å². The van der Waals surface area contributed by atoms with Crippen molar-refractivity contribution in [2.24, 2.45) is 0 Å². The van der Waals surface area contributed by atoms with E-state index in [4.69, 9.17) is 23.2 Å². The van der Waals surface area contributed by atoms with Gasteiger partial charge in [0.25, 0.3) is 0 Å². The van der Waals surface area contributed by atoms with E-state index in [2.05, 4.69) is 15.9 Å². The first-order chi connectivity index (χ1) is 8.97. The minimum Gasteiger partial charge on any atom is -0.294 e. The molecule has 2 aromatic rings. The molecule has 0 saturated carbocycles. The molecule has 0 radical (unpaired) electrons. The van der Waals surface area contributed by atoms with Crippen LogP contribution in [0.5, 0.6) is 0 Å². The summed E-state index contributed by atoms with van der Waals surface area (Å²) >= 11 is 15.2. The minimum absolute atomic E-state index is 0.0668. The molecule has 0 fully saturated rings. The number of rotatable bonds is 3. The summed E-state index contributed by atoms with van der Waals surface area (Å²) in [5, 5.41) is 0.967. The van der Waals surface area contributed by atoms with Crippen LogP contribution in [-0.4, -0.2) is 5.78 Å². The Bertz CT molecular complexity index is 638. The Hall–Kier alpha value is -0.830. The van der Waals surface area contributed by atoms with Crippen molar-refractivity contribution in [3.8, 4) is 0 Å². The van der Waals surface area contributed by atoms with Gasteiger partial charge in [-0.3, -0.25) is 4.79 Å². The van der Waals surface area contributed by atoms with Gasteiger partial charge < -0.3 is 0 Å². The van der Waals surface area contributed by atoms with E-state index in [1.807, 2.05) is 31.2 Å². The maximum atomic E-state index is 12.3. The van der Waals surface area contributed by atoms with Gasteiger partial charge in [0.2, 0.25) is 0 Å². The van der Waals surface area contributed by atoms with Crippen LogP contribution in [0.25, 0.3) is 0 Å². The average Bonchev–Trinajstić information content (AvgIpc) is 2.36. The first-order valence-corrected chi connectivity index (χ1v) is 7.25. The number of aryl methyl sites for hydroxylation is 1. The summed E-state index contributed by atoms with van der Waals surface area (Å²) in [6.45, 7) is 1.93. The zero-order valence-corrected chi connectivity index (χ0v) is 13.3. The highest BCUT2D eigenvalue weighted by Gasteiger charge is 2.11. The van der Waals surface area contributed by atoms with E-state index in [-0.39, 0.29) is 5.78 Å². The van der Waals surface area contributed by atoms with Crippen molar-refractivity contribution in [3.05, 3.63) is 67.6 Å². The van der Waals surface area contributed by atoms with Gasteiger partial charge in [-0.2, -0.15) is 0 Å². The van der Waals surface area contributed by atoms with Crippen molar-refractivity contribution in [1.29, 1.82) is 0 Å². The van der Waals surface area contributed by atoms with Crippen LogP contribution in [0.15, 0.2) is 40.9 Å². The highest BCUT2D eigenvalue weighted by molar-refractivity contribution is 9.10. The highest BCUT2D eigenvalue weighted by atomic mass is 79.9. The topological polar surface area (TPSA) is 17.1 Å². The van der Waals surface area contributed by atoms with E-state index in [1.165, 1.54) is 0 Å². The van der Waals surface area contributed by atoms with Crippen LogP contribution < -0.4 is 0 Å². The van der Waals surface area contributed by atoms with Gasteiger partial charge in [0, 0.05) is 16.5 Å². The molecule has 19 heavy (non-hydrogen) atoms. The molecule has 4 heteroatoms. The Balaban J connectivity index is 2.25. The molecule has 2 rings (SSSR count). The van der Waals surface area contributed by atoms with Crippen molar-refractivity contribution >= 4 is 44.9 Å². The molecule has 0 aliphatic carbocycles. The van der Waals surface area contributed by atoms with Crippen LogP contribution in [0.2, 0.25) is 10.0 Å². The molecular weight excluding hydrogens is 347 g/mol.